The third kappa shape index (κ3) is 4.84. The van der Waals surface area contributed by atoms with Gasteiger partial charge in [-0.05, 0) is 32.6 Å². The fourth-order valence-electron chi connectivity index (χ4n) is 2.26. The van der Waals surface area contributed by atoms with Gasteiger partial charge < -0.3 is 10.0 Å². The zero-order valence-corrected chi connectivity index (χ0v) is 13.2. The largest absolute Gasteiger partial charge is 0.481 e. The molecule has 0 saturated heterocycles. The van der Waals surface area contributed by atoms with E-state index in [-0.39, 0.29) is 18.4 Å². The number of hydrogen-bond acceptors (Lipinski definition) is 2. The second kappa shape index (κ2) is 7.51. The van der Waals surface area contributed by atoms with Crippen LogP contribution in [0.4, 0.5) is 0 Å². The topological polar surface area (TPSA) is 57.6 Å². The molecule has 1 amide bonds. The van der Waals surface area contributed by atoms with Gasteiger partial charge in [-0.3, -0.25) is 9.59 Å². The molecule has 0 rings (SSSR count). The van der Waals surface area contributed by atoms with Gasteiger partial charge in [0, 0.05) is 19.0 Å². The van der Waals surface area contributed by atoms with Crippen LogP contribution in [0.5, 0.6) is 0 Å². The fraction of sp³-hybridized carbons (Fsp3) is 0.867. The van der Waals surface area contributed by atoms with Crippen LogP contribution in [0.3, 0.4) is 0 Å². The SMILES string of the molecule is CCC(CC)(CC(=O)N(CC(C)C)C(C)C)C(=O)O. The van der Waals surface area contributed by atoms with Crippen molar-refractivity contribution in [2.45, 2.75) is 66.8 Å². The lowest BCUT2D eigenvalue weighted by Gasteiger charge is -2.33. The number of rotatable bonds is 8. The van der Waals surface area contributed by atoms with Crippen LogP contribution in [0.2, 0.25) is 0 Å². The average molecular weight is 271 g/mol. The molecule has 0 aromatic heterocycles. The van der Waals surface area contributed by atoms with Gasteiger partial charge in [-0.1, -0.05) is 27.7 Å². The molecular weight excluding hydrogens is 242 g/mol. The first kappa shape index (κ1) is 17.9. The standard InChI is InChI=1S/C15H29NO3/c1-7-15(8-2,14(18)19)9-13(17)16(12(5)6)10-11(3)4/h11-12H,7-10H2,1-6H3,(H,18,19). The third-order valence-corrected chi connectivity index (χ3v) is 3.80. The van der Waals surface area contributed by atoms with Gasteiger partial charge in [-0.15, -0.1) is 0 Å². The minimum atomic E-state index is -0.915. The highest BCUT2D eigenvalue weighted by Crippen LogP contribution is 2.32. The molecule has 112 valence electrons. The van der Waals surface area contributed by atoms with Crippen LogP contribution in [-0.2, 0) is 9.59 Å². The zero-order valence-electron chi connectivity index (χ0n) is 13.2. The normalized spacial score (nSPS) is 12.0. The molecule has 1 N–H and O–H groups in total. The molecule has 0 fully saturated rings. The lowest BCUT2D eigenvalue weighted by atomic mass is 9.78. The van der Waals surface area contributed by atoms with Crippen LogP contribution >= 0.6 is 0 Å². The number of nitrogens with zero attached hydrogens (tertiary/aromatic N) is 1. The molecular formula is C15H29NO3. The van der Waals surface area contributed by atoms with Crippen molar-refractivity contribution >= 4 is 11.9 Å². The van der Waals surface area contributed by atoms with E-state index < -0.39 is 11.4 Å². The van der Waals surface area contributed by atoms with Gasteiger partial charge in [0.2, 0.25) is 5.91 Å². The van der Waals surface area contributed by atoms with E-state index in [0.717, 1.165) is 0 Å². The lowest BCUT2D eigenvalue weighted by molar-refractivity contribution is -0.155. The van der Waals surface area contributed by atoms with Gasteiger partial charge in [0.05, 0.1) is 5.41 Å². The van der Waals surface area contributed by atoms with E-state index in [9.17, 15) is 14.7 Å². The van der Waals surface area contributed by atoms with Crippen LogP contribution in [0.25, 0.3) is 0 Å². The fourth-order valence-corrected chi connectivity index (χ4v) is 2.26. The number of hydrogen-bond donors (Lipinski definition) is 1. The summed E-state index contributed by atoms with van der Waals surface area (Å²) in [5, 5.41) is 9.40. The van der Waals surface area contributed by atoms with E-state index in [1.807, 2.05) is 27.7 Å². The van der Waals surface area contributed by atoms with Crippen LogP contribution in [0.15, 0.2) is 0 Å². The molecule has 0 atom stereocenters. The van der Waals surface area contributed by atoms with Crippen LogP contribution in [0, 0.1) is 11.3 Å². The first-order valence-corrected chi connectivity index (χ1v) is 7.23. The maximum atomic E-state index is 12.4. The maximum Gasteiger partial charge on any atom is 0.310 e. The maximum absolute atomic E-state index is 12.4. The Bertz CT molecular complexity index is 307. The molecule has 0 aromatic carbocycles. The quantitative estimate of drug-likeness (QED) is 0.737. The predicted octanol–water partition coefficient (Wildman–Crippen LogP) is 3.16. The predicted molar refractivity (Wildman–Crippen MR) is 77.0 cm³/mol. The van der Waals surface area contributed by atoms with E-state index >= 15 is 0 Å². The van der Waals surface area contributed by atoms with Crippen molar-refractivity contribution in [3.63, 3.8) is 0 Å². The van der Waals surface area contributed by atoms with E-state index in [1.165, 1.54) is 0 Å². The Morgan fingerprint density at radius 1 is 1.11 bits per heavy atom. The summed E-state index contributed by atoms with van der Waals surface area (Å²) >= 11 is 0. The van der Waals surface area contributed by atoms with Crippen molar-refractivity contribution in [1.29, 1.82) is 0 Å². The molecule has 0 aliphatic rings. The van der Waals surface area contributed by atoms with Gasteiger partial charge in [-0.2, -0.15) is 0 Å². The number of carbonyl (C=O) groups is 2. The second-order valence-electron chi connectivity index (χ2n) is 6.00. The molecule has 0 unspecified atom stereocenters. The van der Waals surface area contributed by atoms with Crippen molar-refractivity contribution in [3.05, 3.63) is 0 Å². The summed E-state index contributed by atoms with van der Waals surface area (Å²) in [6, 6.07) is 0.107. The van der Waals surface area contributed by atoms with Crippen molar-refractivity contribution in [2.24, 2.45) is 11.3 Å². The zero-order chi connectivity index (χ0) is 15.2. The van der Waals surface area contributed by atoms with Gasteiger partial charge in [-0.25, -0.2) is 0 Å². The van der Waals surface area contributed by atoms with Crippen LogP contribution in [-0.4, -0.2) is 34.5 Å². The van der Waals surface area contributed by atoms with E-state index in [1.54, 1.807) is 4.90 Å². The monoisotopic (exact) mass is 271 g/mol. The first-order chi connectivity index (χ1) is 8.70. The Balaban J connectivity index is 5.01. The third-order valence-electron chi connectivity index (χ3n) is 3.80. The minimum absolute atomic E-state index is 0.0465. The van der Waals surface area contributed by atoms with Crippen molar-refractivity contribution in [1.82, 2.24) is 4.90 Å². The molecule has 0 heterocycles. The summed E-state index contributed by atoms with van der Waals surface area (Å²) in [6.45, 7) is 12.4. The Morgan fingerprint density at radius 3 is 1.84 bits per heavy atom. The van der Waals surface area contributed by atoms with E-state index in [2.05, 4.69) is 13.8 Å². The van der Waals surface area contributed by atoms with Crippen molar-refractivity contribution in [3.8, 4) is 0 Å². The smallest absolute Gasteiger partial charge is 0.310 e. The highest BCUT2D eigenvalue weighted by atomic mass is 16.4. The van der Waals surface area contributed by atoms with E-state index in [0.29, 0.717) is 25.3 Å². The Hall–Kier alpha value is -1.06. The highest BCUT2D eigenvalue weighted by molar-refractivity contribution is 5.85. The summed E-state index contributed by atoms with van der Waals surface area (Å²) in [5.74, 6) is -0.525. The van der Waals surface area contributed by atoms with Crippen molar-refractivity contribution < 1.29 is 14.7 Å². The van der Waals surface area contributed by atoms with Crippen molar-refractivity contribution in [2.75, 3.05) is 6.54 Å². The molecule has 0 aliphatic heterocycles. The van der Waals surface area contributed by atoms with Gasteiger partial charge in [0.15, 0.2) is 0 Å². The van der Waals surface area contributed by atoms with E-state index in [4.69, 9.17) is 0 Å². The molecule has 0 aliphatic carbocycles. The Kier molecular flexibility index (Phi) is 7.09. The minimum Gasteiger partial charge on any atom is -0.481 e. The van der Waals surface area contributed by atoms with Crippen LogP contribution < -0.4 is 0 Å². The summed E-state index contributed by atoms with van der Waals surface area (Å²) in [6.07, 6.45) is 1.07. The summed E-state index contributed by atoms with van der Waals surface area (Å²) in [4.78, 5) is 25.7. The number of carboxylic acids is 1. The molecule has 19 heavy (non-hydrogen) atoms. The Labute approximate surface area is 117 Å². The number of carboxylic acid groups (broad SMARTS) is 1. The highest BCUT2D eigenvalue weighted by Gasteiger charge is 2.38. The number of amides is 1. The molecule has 0 spiro atoms. The summed E-state index contributed by atoms with van der Waals surface area (Å²) in [5.41, 5.74) is -0.915. The number of aliphatic carboxylic acids is 1. The first-order valence-electron chi connectivity index (χ1n) is 7.23. The summed E-state index contributed by atoms with van der Waals surface area (Å²) in [7, 11) is 0. The molecule has 4 nitrogen and oxygen atoms in total. The lowest BCUT2D eigenvalue weighted by Crippen LogP contribution is -2.43. The molecule has 0 bridgehead atoms. The molecule has 0 radical (unpaired) electrons. The van der Waals surface area contributed by atoms with Gasteiger partial charge in [0.25, 0.3) is 0 Å². The van der Waals surface area contributed by atoms with Gasteiger partial charge >= 0.3 is 5.97 Å². The molecule has 0 saturated carbocycles. The summed E-state index contributed by atoms with van der Waals surface area (Å²) < 4.78 is 0. The number of carbonyl (C=O) groups excluding carboxylic acids is 1. The Morgan fingerprint density at radius 2 is 1.58 bits per heavy atom. The average Bonchev–Trinajstić information content (AvgIpc) is 2.31. The molecule has 4 heteroatoms. The molecule has 0 aromatic rings. The van der Waals surface area contributed by atoms with Gasteiger partial charge in [0.1, 0.15) is 0 Å². The second-order valence-corrected chi connectivity index (χ2v) is 6.00. The van der Waals surface area contributed by atoms with Crippen LogP contribution in [0.1, 0.15) is 60.8 Å².